The van der Waals surface area contributed by atoms with Crippen LogP contribution in [0.5, 0.6) is 0 Å². The summed E-state index contributed by atoms with van der Waals surface area (Å²) in [7, 11) is 0. The fraction of sp³-hybridized carbons (Fsp3) is 0. The lowest BCUT2D eigenvalue weighted by molar-refractivity contribution is 1.18. The largest absolute Gasteiger partial charge is 0.309 e. The first-order chi connectivity index (χ1) is 49.6. The molecule has 0 N–H and O–H groups in total. The van der Waals surface area contributed by atoms with Gasteiger partial charge in [-0.15, -0.1) is 0 Å². The average Bonchev–Trinajstić information content (AvgIpc) is 1.60. The van der Waals surface area contributed by atoms with E-state index >= 15 is 0 Å². The smallest absolute Gasteiger partial charge is 0.0547 e. The Morgan fingerprint density at radius 2 is 0.330 bits per heavy atom. The zero-order chi connectivity index (χ0) is 66.0. The summed E-state index contributed by atoms with van der Waals surface area (Å²) in [5.74, 6) is 0. The lowest BCUT2D eigenvalue weighted by Gasteiger charge is -2.11. The van der Waals surface area contributed by atoms with Crippen molar-refractivity contribution in [2.24, 2.45) is 0 Å². The minimum atomic E-state index is 1.15. The predicted octanol–water partition coefficient (Wildman–Crippen LogP) is 25.8. The van der Waals surface area contributed by atoms with Gasteiger partial charge in [0.05, 0.1) is 44.1 Å². The Kier molecular flexibility index (Phi) is 14.2. The molecular weight excluding hydrogens is 1210 g/mol. The normalized spacial score (nSPS) is 11.6. The molecule has 0 spiro atoms. The highest BCUT2D eigenvalue weighted by molar-refractivity contribution is 6.15. The Bertz CT molecular complexity index is 6480. The number of para-hydroxylation sites is 4. The molecule has 0 aliphatic carbocycles. The molecule has 20 aromatic rings. The molecule has 4 heterocycles. The van der Waals surface area contributed by atoms with Gasteiger partial charge in [-0.2, -0.15) is 0 Å². The van der Waals surface area contributed by atoms with E-state index in [0.29, 0.717) is 0 Å². The first-order valence-corrected chi connectivity index (χ1v) is 34.4. The Hall–Kier alpha value is -13.3. The summed E-state index contributed by atoms with van der Waals surface area (Å²) in [6.07, 6.45) is 0. The number of hydrogen-bond acceptors (Lipinski definition) is 0. The zero-order valence-corrected chi connectivity index (χ0v) is 54.7. The van der Waals surface area contributed by atoms with Crippen LogP contribution in [-0.4, -0.2) is 18.3 Å². The van der Waals surface area contributed by atoms with Crippen LogP contribution in [0, 0.1) is 0 Å². The summed E-state index contributed by atoms with van der Waals surface area (Å²) >= 11 is 0. The van der Waals surface area contributed by atoms with Crippen molar-refractivity contribution in [3.8, 4) is 89.5 Å². The summed E-state index contributed by atoms with van der Waals surface area (Å²) < 4.78 is 9.62. The number of hydrogen-bond donors (Lipinski definition) is 0. The van der Waals surface area contributed by atoms with Crippen molar-refractivity contribution in [3.63, 3.8) is 0 Å². The van der Waals surface area contributed by atoms with Gasteiger partial charge in [0, 0.05) is 65.8 Å². The lowest BCUT2D eigenvalue weighted by Crippen LogP contribution is -1.95. The van der Waals surface area contributed by atoms with Gasteiger partial charge in [0.2, 0.25) is 0 Å². The highest BCUT2D eigenvalue weighted by Gasteiger charge is 2.21. The molecule has 0 aliphatic heterocycles. The van der Waals surface area contributed by atoms with Gasteiger partial charge < -0.3 is 18.3 Å². The maximum absolute atomic E-state index is 2.43. The van der Waals surface area contributed by atoms with E-state index in [-0.39, 0.29) is 0 Å². The van der Waals surface area contributed by atoms with E-state index in [2.05, 4.69) is 407 Å². The first-order valence-electron chi connectivity index (χ1n) is 34.4. The molecule has 4 nitrogen and oxygen atoms in total. The second-order valence-corrected chi connectivity index (χ2v) is 26.0. The summed E-state index contributed by atoms with van der Waals surface area (Å²) in [4.78, 5) is 0. The van der Waals surface area contributed by atoms with Gasteiger partial charge in [-0.1, -0.05) is 267 Å². The van der Waals surface area contributed by atoms with E-state index in [4.69, 9.17) is 0 Å². The fourth-order valence-corrected chi connectivity index (χ4v) is 15.5. The van der Waals surface area contributed by atoms with Crippen molar-refractivity contribution in [1.29, 1.82) is 0 Å². The van der Waals surface area contributed by atoms with Gasteiger partial charge in [-0.3, -0.25) is 0 Å². The van der Waals surface area contributed by atoms with Crippen LogP contribution in [0.3, 0.4) is 0 Å². The van der Waals surface area contributed by atoms with Gasteiger partial charge >= 0.3 is 0 Å². The highest BCUT2D eigenvalue weighted by atomic mass is 15.0. The maximum atomic E-state index is 2.43. The molecular formula is C96H64N4. The molecule has 20 rings (SSSR count). The molecule has 0 amide bonds. The minimum Gasteiger partial charge on any atom is -0.309 e. The van der Waals surface area contributed by atoms with Gasteiger partial charge in [0.25, 0.3) is 0 Å². The molecule has 0 radical (unpaired) electrons. The van der Waals surface area contributed by atoms with Crippen LogP contribution in [0.25, 0.3) is 177 Å². The Morgan fingerprint density at radius 1 is 0.110 bits per heavy atom. The number of benzene rings is 16. The van der Waals surface area contributed by atoms with Crippen LogP contribution in [0.1, 0.15) is 0 Å². The van der Waals surface area contributed by atoms with Crippen molar-refractivity contribution in [3.05, 3.63) is 388 Å². The van der Waals surface area contributed by atoms with Crippen molar-refractivity contribution >= 4 is 87.2 Å². The monoisotopic (exact) mass is 1270 g/mol. The van der Waals surface area contributed by atoms with Gasteiger partial charge in [0.15, 0.2) is 0 Å². The topological polar surface area (TPSA) is 19.7 Å². The maximum Gasteiger partial charge on any atom is 0.0547 e. The molecule has 0 aliphatic rings. The molecule has 0 fully saturated rings. The highest BCUT2D eigenvalue weighted by Crippen LogP contribution is 2.43. The molecule has 0 unspecified atom stereocenters. The zero-order valence-electron chi connectivity index (χ0n) is 54.7. The molecule has 100 heavy (non-hydrogen) atoms. The van der Waals surface area contributed by atoms with Crippen LogP contribution in [0.2, 0.25) is 0 Å². The molecule has 4 heteroatoms. The quantitative estimate of drug-likeness (QED) is 0.130. The number of rotatable bonds is 10. The van der Waals surface area contributed by atoms with Crippen LogP contribution in [-0.2, 0) is 0 Å². The molecule has 16 aromatic carbocycles. The summed E-state index contributed by atoms with van der Waals surface area (Å²) in [5, 5.41) is 10.0. The second kappa shape index (κ2) is 24.4. The van der Waals surface area contributed by atoms with Gasteiger partial charge in [0.1, 0.15) is 0 Å². The van der Waals surface area contributed by atoms with E-state index in [1.165, 1.54) is 160 Å². The fourth-order valence-electron chi connectivity index (χ4n) is 15.5. The Morgan fingerprint density at radius 3 is 0.680 bits per heavy atom. The van der Waals surface area contributed by atoms with Gasteiger partial charge in [-0.05, 0) is 188 Å². The van der Waals surface area contributed by atoms with Crippen molar-refractivity contribution in [2.75, 3.05) is 0 Å². The average molecular weight is 1270 g/mol. The van der Waals surface area contributed by atoms with Crippen LogP contribution < -0.4 is 0 Å². The van der Waals surface area contributed by atoms with Crippen molar-refractivity contribution in [1.82, 2.24) is 18.3 Å². The second-order valence-electron chi connectivity index (χ2n) is 26.0. The van der Waals surface area contributed by atoms with Crippen LogP contribution in [0.4, 0.5) is 0 Å². The first kappa shape index (κ1) is 58.1. The third-order valence-electron chi connectivity index (χ3n) is 20.2. The molecule has 0 saturated carbocycles. The standard InChI is InChI=1S/2C48H32N2/c1-4-13-33(14-5-1)35-17-12-20-40(29-35)50-45-22-11-10-21-41(45)43-30-36(25-28-47(43)50)37-24-27-46-44(31-37)42-26-23-38(34-15-6-2-7-16-34)32-48(42)49(46)39-18-8-3-9-19-39;1-4-13-33(14-5-1)35-17-12-20-40(29-35)50-47-28-25-37(31-44(47)42-26-23-38(32-48(42)50)34-15-6-2-7-16-34)36-24-27-46-43(30-36)41-21-10-11-22-45(41)49(46)39-18-8-3-9-19-39/h2*1-32H. The van der Waals surface area contributed by atoms with E-state index in [0.717, 1.165) is 17.1 Å². The molecule has 0 saturated heterocycles. The Labute approximate surface area is 579 Å². The SMILES string of the molecule is c1ccc(-c2cccc(-n3c4ccc(-c5ccc6c(c5)c5ccccc5n6-c5ccccc5)cc4c4ccc(-c5ccccc5)cc43)c2)cc1.c1ccc(-c2cccc(-n3c4ccccc4c4cc(-c5ccc6c(c5)c5ccc(-c7ccccc7)cc5n6-c5ccccc5)ccc43)c2)cc1. The van der Waals surface area contributed by atoms with E-state index in [1.54, 1.807) is 0 Å². The number of nitrogens with zero attached hydrogens (tertiary/aromatic N) is 4. The molecule has 0 bridgehead atoms. The third kappa shape index (κ3) is 10.1. The number of fused-ring (bicyclic) bond motifs is 12. The lowest BCUT2D eigenvalue weighted by atomic mass is 9.99. The number of aromatic nitrogens is 4. The van der Waals surface area contributed by atoms with Gasteiger partial charge in [-0.25, -0.2) is 0 Å². The molecule has 4 aromatic heterocycles. The van der Waals surface area contributed by atoms with Crippen molar-refractivity contribution in [2.45, 2.75) is 0 Å². The Balaban J connectivity index is 0.000000139. The van der Waals surface area contributed by atoms with E-state index in [9.17, 15) is 0 Å². The van der Waals surface area contributed by atoms with Crippen LogP contribution >= 0.6 is 0 Å². The summed E-state index contributed by atoms with van der Waals surface area (Å²) in [6, 6.07) is 141. The van der Waals surface area contributed by atoms with Crippen LogP contribution in [0.15, 0.2) is 388 Å². The van der Waals surface area contributed by atoms with Crippen molar-refractivity contribution < 1.29 is 0 Å². The summed E-state index contributed by atoms with van der Waals surface area (Å²) in [6.45, 7) is 0. The molecule has 0 atom stereocenters. The summed E-state index contributed by atoms with van der Waals surface area (Å²) in [5.41, 5.74) is 28.9. The molecule has 468 valence electrons. The third-order valence-corrected chi connectivity index (χ3v) is 20.2. The van der Waals surface area contributed by atoms with E-state index < -0.39 is 0 Å². The minimum absolute atomic E-state index is 1.15. The predicted molar refractivity (Wildman–Crippen MR) is 423 cm³/mol. The van der Waals surface area contributed by atoms with E-state index in [1.807, 2.05) is 0 Å².